The number of amides is 2. The molecule has 0 bridgehead atoms. The van der Waals surface area contributed by atoms with Gasteiger partial charge < -0.3 is 10.6 Å². The van der Waals surface area contributed by atoms with E-state index in [0.717, 1.165) is 11.1 Å². The summed E-state index contributed by atoms with van der Waals surface area (Å²) < 4.78 is 1.76. The minimum absolute atomic E-state index is 0.00306. The third-order valence-corrected chi connectivity index (χ3v) is 3.94. The first-order valence-electron chi connectivity index (χ1n) is 7.65. The van der Waals surface area contributed by atoms with Gasteiger partial charge in [0.1, 0.15) is 12.7 Å². The summed E-state index contributed by atoms with van der Waals surface area (Å²) >= 11 is 0. The molecule has 1 aliphatic heterocycles. The maximum atomic E-state index is 12.1. The van der Waals surface area contributed by atoms with E-state index in [-0.39, 0.29) is 17.7 Å². The lowest BCUT2D eigenvalue weighted by Gasteiger charge is -2.21. The van der Waals surface area contributed by atoms with Gasteiger partial charge in [-0.05, 0) is 17.5 Å². The summed E-state index contributed by atoms with van der Waals surface area (Å²) in [5.74, 6) is -0.104. The molecule has 23 heavy (non-hydrogen) atoms. The van der Waals surface area contributed by atoms with Gasteiger partial charge in [0.25, 0.3) is 0 Å². The first-order chi connectivity index (χ1) is 11.2. The fourth-order valence-corrected chi connectivity index (χ4v) is 2.55. The van der Waals surface area contributed by atoms with Crippen LogP contribution in [0.25, 0.3) is 0 Å². The highest BCUT2D eigenvalue weighted by molar-refractivity contribution is 5.83. The van der Waals surface area contributed by atoms with Gasteiger partial charge in [0.2, 0.25) is 11.8 Å². The Balaban J connectivity index is 1.48. The molecule has 1 atom stereocenters. The molecule has 2 amide bonds. The second-order valence-corrected chi connectivity index (χ2v) is 5.67. The van der Waals surface area contributed by atoms with Crippen LogP contribution in [0.2, 0.25) is 0 Å². The lowest BCUT2D eigenvalue weighted by atomic mass is 9.98. The molecule has 0 unspecified atom stereocenters. The van der Waals surface area contributed by atoms with Crippen LogP contribution in [0.1, 0.15) is 24.0 Å². The van der Waals surface area contributed by atoms with Gasteiger partial charge in [-0.2, -0.15) is 5.10 Å². The fourth-order valence-electron chi connectivity index (χ4n) is 2.55. The molecule has 2 N–H and O–H groups in total. The molecule has 0 aliphatic carbocycles. The van der Waals surface area contributed by atoms with Crippen molar-refractivity contribution in [2.24, 2.45) is 5.92 Å². The summed E-state index contributed by atoms with van der Waals surface area (Å²) in [5.41, 5.74) is 2.17. The topological polar surface area (TPSA) is 88.9 Å². The van der Waals surface area contributed by atoms with Gasteiger partial charge in [-0.3, -0.25) is 9.59 Å². The normalized spacial score (nSPS) is 17.6. The molecule has 2 aromatic rings. The molecule has 7 nitrogen and oxygen atoms in total. The first kappa shape index (κ1) is 15.2. The molecular weight excluding hydrogens is 294 g/mol. The maximum absolute atomic E-state index is 12.1. The Morgan fingerprint density at radius 2 is 2.09 bits per heavy atom. The molecule has 7 heteroatoms. The zero-order chi connectivity index (χ0) is 16.1. The van der Waals surface area contributed by atoms with Crippen LogP contribution in [0.5, 0.6) is 0 Å². The van der Waals surface area contributed by atoms with E-state index in [1.54, 1.807) is 11.0 Å². The molecule has 0 radical (unpaired) electrons. The van der Waals surface area contributed by atoms with Gasteiger partial charge in [0.05, 0.1) is 12.5 Å². The molecule has 1 aromatic heterocycles. The van der Waals surface area contributed by atoms with E-state index < -0.39 is 0 Å². The van der Waals surface area contributed by atoms with Crippen molar-refractivity contribution in [3.8, 4) is 0 Å². The summed E-state index contributed by atoms with van der Waals surface area (Å²) in [7, 11) is 0. The van der Waals surface area contributed by atoms with E-state index in [1.165, 1.54) is 6.33 Å². The van der Waals surface area contributed by atoms with Gasteiger partial charge in [-0.1, -0.05) is 24.3 Å². The summed E-state index contributed by atoms with van der Waals surface area (Å²) in [5, 5.41) is 9.73. The van der Waals surface area contributed by atoms with Crippen molar-refractivity contribution in [3.05, 3.63) is 48.0 Å². The van der Waals surface area contributed by atoms with Crippen molar-refractivity contribution in [3.63, 3.8) is 0 Å². The lowest BCUT2D eigenvalue weighted by Crippen LogP contribution is -2.42. The smallest absolute Gasteiger partial charge is 0.225 e. The second-order valence-electron chi connectivity index (χ2n) is 5.67. The highest BCUT2D eigenvalue weighted by Gasteiger charge is 2.23. The van der Waals surface area contributed by atoms with Gasteiger partial charge >= 0.3 is 0 Å². The third kappa shape index (κ3) is 4.15. The molecule has 0 saturated carbocycles. The number of nitrogens with zero attached hydrogens (tertiary/aromatic N) is 3. The maximum Gasteiger partial charge on any atom is 0.225 e. The third-order valence-electron chi connectivity index (χ3n) is 3.94. The number of benzene rings is 1. The first-order valence-corrected chi connectivity index (χ1v) is 7.65. The van der Waals surface area contributed by atoms with Crippen molar-refractivity contribution >= 4 is 11.8 Å². The number of nitrogens with one attached hydrogen (secondary N) is 2. The Morgan fingerprint density at radius 1 is 1.30 bits per heavy atom. The van der Waals surface area contributed by atoms with Gasteiger partial charge in [-0.25, -0.2) is 9.67 Å². The number of carbonyl (C=O) groups is 2. The number of hydrogen-bond acceptors (Lipinski definition) is 4. The Morgan fingerprint density at radius 3 is 2.74 bits per heavy atom. The largest absolute Gasteiger partial charge is 0.355 e. The molecule has 1 fully saturated rings. The lowest BCUT2D eigenvalue weighted by molar-refractivity contribution is -0.129. The summed E-state index contributed by atoms with van der Waals surface area (Å²) in [4.78, 5) is 27.1. The highest BCUT2D eigenvalue weighted by atomic mass is 16.2. The molecule has 1 aliphatic rings. The number of hydrogen-bond donors (Lipinski definition) is 2. The van der Waals surface area contributed by atoms with Gasteiger partial charge in [0, 0.05) is 19.5 Å². The van der Waals surface area contributed by atoms with Crippen LogP contribution in [-0.2, 0) is 22.7 Å². The highest BCUT2D eigenvalue weighted by Crippen LogP contribution is 2.11. The number of piperidine rings is 1. The molecule has 1 saturated heterocycles. The van der Waals surface area contributed by atoms with Crippen LogP contribution < -0.4 is 10.6 Å². The standard InChI is InChI=1S/C16H19N5O2/c22-15-6-5-14(8-18-15)16(23)19-7-12-1-3-13(4-2-12)9-21-11-17-10-20-21/h1-4,10-11,14H,5-9H2,(H,18,22)(H,19,23)/t14-/m1/s1. The monoisotopic (exact) mass is 313 g/mol. The van der Waals surface area contributed by atoms with Crippen molar-refractivity contribution in [2.75, 3.05) is 6.54 Å². The SMILES string of the molecule is O=C1CC[C@@H](C(=O)NCc2ccc(Cn3cncn3)cc2)CN1. The van der Waals surface area contributed by atoms with E-state index >= 15 is 0 Å². The predicted octanol–water partition coefficient (Wildman–Crippen LogP) is 0.469. The number of aromatic nitrogens is 3. The van der Waals surface area contributed by atoms with Crippen LogP contribution in [0.3, 0.4) is 0 Å². The van der Waals surface area contributed by atoms with Crippen molar-refractivity contribution in [1.29, 1.82) is 0 Å². The molecule has 0 spiro atoms. The number of rotatable bonds is 5. The van der Waals surface area contributed by atoms with Gasteiger partial charge in [-0.15, -0.1) is 0 Å². The molecule has 3 rings (SSSR count). The number of carbonyl (C=O) groups excluding carboxylic acids is 2. The fraction of sp³-hybridized carbons (Fsp3) is 0.375. The van der Waals surface area contributed by atoms with Crippen molar-refractivity contribution in [1.82, 2.24) is 25.4 Å². The zero-order valence-corrected chi connectivity index (χ0v) is 12.7. The summed E-state index contributed by atoms with van der Waals surface area (Å²) in [6.07, 6.45) is 4.23. The van der Waals surface area contributed by atoms with Crippen LogP contribution in [0.4, 0.5) is 0 Å². The Labute approximate surface area is 134 Å². The van der Waals surface area contributed by atoms with E-state index in [9.17, 15) is 9.59 Å². The Kier molecular flexibility index (Phi) is 4.65. The molecule has 120 valence electrons. The average Bonchev–Trinajstić information content (AvgIpc) is 3.07. The van der Waals surface area contributed by atoms with Crippen molar-refractivity contribution < 1.29 is 9.59 Å². The predicted molar refractivity (Wildman–Crippen MR) is 83.1 cm³/mol. The minimum Gasteiger partial charge on any atom is -0.355 e. The van der Waals surface area contributed by atoms with Gasteiger partial charge in [0.15, 0.2) is 0 Å². The van der Waals surface area contributed by atoms with E-state index in [4.69, 9.17) is 0 Å². The molecule has 1 aromatic carbocycles. The van der Waals surface area contributed by atoms with E-state index in [2.05, 4.69) is 20.7 Å². The van der Waals surface area contributed by atoms with Crippen LogP contribution >= 0.6 is 0 Å². The Bertz CT molecular complexity index is 656. The van der Waals surface area contributed by atoms with Crippen molar-refractivity contribution in [2.45, 2.75) is 25.9 Å². The summed E-state index contributed by atoms with van der Waals surface area (Å²) in [6, 6.07) is 8.03. The average molecular weight is 313 g/mol. The van der Waals surface area contributed by atoms with E-state index in [0.29, 0.717) is 32.5 Å². The molecule has 2 heterocycles. The zero-order valence-electron chi connectivity index (χ0n) is 12.7. The minimum atomic E-state index is -0.126. The van der Waals surface area contributed by atoms with E-state index in [1.807, 2.05) is 24.3 Å². The summed E-state index contributed by atoms with van der Waals surface area (Å²) in [6.45, 7) is 1.60. The van der Waals surface area contributed by atoms with Crippen LogP contribution in [0, 0.1) is 5.92 Å². The molecular formula is C16H19N5O2. The quantitative estimate of drug-likeness (QED) is 0.840. The van der Waals surface area contributed by atoms with Crippen LogP contribution in [0.15, 0.2) is 36.9 Å². The van der Waals surface area contributed by atoms with Crippen LogP contribution in [-0.4, -0.2) is 33.1 Å². The Hall–Kier alpha value is -2.70. The second kappa shape index (κ2) is 7.04.